The molecule has 150 valence electrons. The Hall–Kier alpha value is 3.03. The van der Waals surface area contributed by atoms with Crippen LogP contribution in [0.25, 0.3) is 0 Å². The minimum Gasteiger partial charge on any atom is -1.00 e. The number of hydrogen-bond donors (Lipinski definition) is 1. The van der Waals surface area contributed by atoms with Gasteiger partial charge in [0.15, 0.2) is 0 Å². The van der Waals surface area contributed by atoms with Crippen molar-refractivity contribution in [3.63, 3.8) is 0 Å². The third-order valence-corrected chi connectivity index (χ3v) is 4.28. The maximum Gasteiger partial charge on any atom is 1.00 e. The molecule has 0 aliphatic carbocycles. The fourth-order valence-corrected chi connectivity index (χ4v) is 1.98. The molecule has 3 heterocycles. The van der Waals surface area contributed by atoms with Gasteiger partial charge in [-0.1, -0.05) is 0 Å². The summed E-state index contributed by atoms with van der Waals surface area (Å²) in [5.74, 6) is 0. The van der Waals surface area contributed by atoms with E-state index in [4.69, 9.17) is 14.8 Å². The second-order valence-corrected chi connectivity index (χ2v) is 7.27. The van der Waals surface area contributed by atoms with Crippen LogP contribution in [-0.4, -0.2) is 52.4 Å². The Kier molecular flexibility index (Phi) is 27.8. The number of carbonyl (C=O) groups excluding carboxylic acids is 1. The van der Waals surface area contributed by atoms with Crippen molar-refractivity contribution in [2.75, 3.05) is 6.54 Å². The molecule has 0 bridgehead atoms. The molecule has 0 radical (unpaired) electrons. The zero-order valence-corrected chi connectivity index (χ0v) is 32.8. The second kappa shape index (κ2) is 21.9. The quantitative estimate of drug-likeness (QED) is 0.147. The fourth-order valence-electron chi connectivity index (χ4n) is 1.38. The number of nitrogens with zero attached hydrogens (tertiary/aromatic N) is 3. The van der Waals surface area contributed by atoms with Gasteiger partial charge in [-0.05, 0) is 65.6 Å². The first-order chi connectivity index (χ1) is 12.2. The Bertz CT molecular complexity index is 586. The topological polar surface area (TPSA) is 112 Å². The summed E-state index contributed by atoms with van der Waals surface area (Å²) in [6.07, 6.45) is 8.10. The summed E-state index contributed by atoms with van der Waals surface area (Å²) in [4.78, 5) is 15.1. The number of hydrogen-bond acceptors (Lipinski definition) is 7. The third kappa shape index (κ3) is 19.7. The summed E-state index contributed by atoms with van der Waals surface area (Å²) in [6.45, 7) is 8.49. The molecule has 1 N–H and O–H groups in total. The van der Waals surface area contributed by atoms with Crippen molar-refractivity contribution < 1.29 is 164 Å². The van der Waals surface area contributed by atoms with Gasteiger partial charge < -0.3 is 21.4 Å². The summed E-state index contributed by atoms with van der Waals surface area (Å²) in [5, 5.41) is 21.7. The van der Waals surface area contributed by atoms with E-state index in [0.29, 0.717) is 12.2 Å². The predicted octanol–water partition coefficient (Wildman–Crippen LogP) is -3.71. The molecule has 28 heavy (non-hydrogen) atoms. The number of aliphatic hydroxyl groups excluding tert-OH is 1. The van der Waals surface area contributed by atoms with Crippen LogP contribution in [0, 0.1) is 0 Å². The van der Waals surface area contributed by atoms with Crippen LogP contribution >= 0.6 is 31.9 Å². The SMILES string of the molecule is BrC1=CCN=C1.CC(O)C(C)n1cc(Br)cn1.C[C@@H]1O[C@@H]1C.O=CO[O-].[Cs+].[Cs+].[H-]. The standard InChI is InChI=1S/C7H11BrN2O.C4H4BrN.C4H8O.CH2O3.2Cs.H/c1-5(6(2)11)10-4-7(8)3-9-10;5-4-1-2-6-3-4;1-3-4(2)5-3;2-1-4-3;;;/h3-6,11H,1-2H3;1,3H,2H2;3-4H,1-2H3;1,3H;;;/q;;;;2*+1;-1/p-1/t;;3-,4+;;;;. The van der Waals surface area contributed by atoms with Gasteiger partial charge >= 0.3 is 138 Å². The van der Waals surface area contributed by atoms with Crippen molar-refractivity contribution in [1.82, 2.24) is 9.78 Å². The second-order valence-electron chi connectivity index (χ2n) is 5.44. The smallest absolute Gasteiger partial charge is 1.00 e. The van der Waals surface area contributed by atoms with E-state index in [0.717, 1.165) is 15.5 Å². The molecule has 3 rings (SSSR count). The molecule has 0 amide bonds. The molecule has 2 unspecified atom stereocenters. The number of aliphatic hydroxyl groups is 1. The van der Waals surface area contributed by atoms with Crippen LogP contribution in [0.15, 0.2) is 32.4 Å². The van der Waals surface area contributed by atoms with Gasteiger partial charge in [0.2, 0.25) is 0 Å². The maximum atomic E-state index is 9.21. The van der Waals surface area contributed by atoms with Gasteiger partial charge in [-0.3, -0.25) is 14.5 Å². The molecule has 4 atom stereocenters. The van der Waals surface area contributed by atoms with E-state index in [-0.39, 0.29) is 158 Å². The van der Waals surface area contributed by atoms with Gasteiger partial charge in [-0.2, -0.15) is 5.10 Å². The molecule has 2 aliphatic heterocycles. The van der Waals surface area contributed by atoms with Crippen LogP contribution in [0.1, 0.15) is 35.2 Å². The van der Waals surface area contributed by atoms with Crippen molar-refractivity contribution in [1.29, 1.82) is 0 Å². The number of aliphatic imine (C=N–C) groups is 1. The molecular weight excluding hydrogens is 740 g/mol. The Labute approximate surface area is 302 Å². The molecular formula is C16H25Br2Cs2N3O5. The first kappa shape index (κ1) is 35.6. The number of rotatable bonds is 3. The largest absolute Gasteiger partial charge is 1.00 e. The summed E-state index contributed by atoms with van der Waals surface area (Å²) < 4.78 is 8.68. The first-order valence-electron chi connectivity index (χ1n) is 7.83. The number of allylic oxidation sites excluding steroid dienone is 1. The Morgan fingerprint density at radius 1 is 1.39 bits per heavy atom. The van der Waals surface area contributed by atoms with E-state index in [1.54, 1.807) is 24.0 Å². The van der Waals surface area contributed by atoms with Crippen molar-refractivity contribution in [3.05, 3.63) is 27.4 Å². The van der Waals surface area contributed by atoms with Crippen LogP contribution in [-0.2, 0) is 14.4 Å². The minimum absolute atomic E-state index is 0. The average Bonchev–Trinajstić information content (AvgIpc) is 3.02. The Balaban J connectivity index is -0.000000150. The molecule has 0 aromatic carbocycles. The van der Waals surface area contributed by atoms with E-state index < -0.39 is 0 Å². The first-order valence-corrected chi connectivity index (χ1v) is 9.42. The van der Waals surface area contributed by atoms with Gasteiger partial charge in [0.05, 0.1) is 41.6 Å². The summed E-state index contributed by atoms with van der Waals surface area (Å²) >= 11 is 6.53. The molecule has 0 spiro atoms. The van der Waals surface area contributed by atoms with Crippen molar-refractivity contribution in [2.45, 2.75) is 52.0 Å². The van der Waals surface area contributed by atoms with Gasteiger partial charge in [0.25, 0.3) is 6.47 Å². The van der Waals surface area contributed by atoms with E-state index in [1.807, 2.05) is 19.2 Å². The minimum atomic E-state index is -0.373. The normalized spacial score (nSPS) is 19.9. The zero-order valence-electron chi connectivity index (χ0n) is 18.1. The van der Waals surface area contributed by atoms with Crippen LogP contribution < -0.4 is 143 Å². The number of halogens is 2. The maximum absolute atomic E-state index is 9.21. The van der Waals surface area contributed by atoms with Crippen molar-refractivity contribution >= 4 is 44.5 Å². The van der Waals surface area contributed by atoms with Crippen LogP contribution in [0.3, 0.4) is 0 Å². The Morgan fingerprint density at radius 2 is 1.89 bits per heavy atom. The van der Waals surface area contributed by atoms with Crippen LogP contribution in [0.4, 0.5) is 0 Å². The number of epoxide rings is 1. The fraction of sp³-hybridized carbons (Fsp3) is 0.562. The number of ether oxygens (including phenoxy) is 1. The van der Waals surface area contributed by atoms with Gasteiger partial charge in [-0.15, -0.1) is 0 Å². The van der Waals surface area contributed by atoms with Gasteiger partial charge in [0.1, 0.15) is 0 Å². The third-order valence-electron chi connectivity index (χ3n) is 3.34. The molecule has 1 fully saturated rings. The van der Waals surface area contributed by atoms with E-state index in [1.165, 1.54) is 0 Å². The van der Waals surface area contributed by atoms with Crippen molar-refractivity contribution in [2.24, 2.45) is 4.99 Å². The molecule has 8 nitrogen and oxygen atoms in total. The number of aromatic nitrogens is 2. The van der Waals surface area contributed by atoms with E-state index >= 15 is 0 Å². The summed E-state index contributed by atoms with van der Waals surface area (Å²) in [5.41, 5.74) is 0. The molecule has 1 aromatic rings. The molecule has 0 saturated carbocycles. The summed E-state index contributed by atoms with van der Waals surface area (Å²) in [7, 11) is 0. The summed E-state index contributed by atoms with van der Waals surface area (Å²) in [6, 6.07) is 0.0290. The average molecular weight is 765 g/mol. The monoisotopic (exact) mass is 763 g/mol. The van der Waals surface area contributed by atoms with Crippen molar-refractivity contribution in [3.8, 4) is 0 Å². The number of carbonyl (C=O) groups is 1. The van der Waals surface area contributed by atoms with Crippen LogP contribution in [0.2, 0.25) is 0 Å². The zero-order chi connectivity index (χ0) is 20.1. The molecule has 12 heteroatoms. The predicted molar refractivity (Wildman–Crippen MR) is 105 cm³/mol. The van der Waals surface area contributed by atoms with Gasteiger partial charge in [0, 0.05) is 16.9 Å². The Morgan fingerprint density at radius 3 is 2.07 bits per heavy atom. The molecule has 1 aromatic heterocycles. The van der Waals surface area contributed by atoms with Gasteiger partial charge in [-0.25, -0.2) is 0 Å². The van der Waals surface area contributed by atoms with E-state index in [2.05, 4.69) is 60.7 Å². The van der Waals surface area contributed by atoms with Crippen LogP contribution in [0.5, 0.6) is 0 Å². The molecule has 2 aliphatic rings. The molecule has 1 saturated heterocycles. The van der Waals surface area contributed by atoms with E-state index in [9.17, 15) is 5.11 Å².